The van der Waals surface area contributed by atoms with E-state index in [9.17, 15) is 0 Å². The standard InChI is InChI=1S/C14H19N3OS/c1-5-15-10(3)13-16-17-14(19-13)11-8-9(2)6-7-12(11)18-4/h6-8,10,15H,5H2,1-4H3. The minimum absolute atomic E-state index is 0.229. The Hall–Kier alpha value is -1.46. The molecular weight excluding hydrogens is 258 g/mol. The summed E-state index contributed by atoms with van der Waals surface area (Å²) >= 11 is 1.61. The second-order valence-electron chi connectivity index (χ2n) is 4.43. The molecule has 0 aliphatic rings. The molecule has 0 fully saturated rings. The molecule has 1 heterocycles. The van der Waals surface area contributed by atoms with Crippen LogP contribution in [0.25, 0.3) is 10.6 Å². The molecule has 19 heavy (non-hydrogen) atoms. The normalized spacial score (nSPS) is 12.4. The Labute approximate surface area is 117 Å². The fourth-order valence-corrected chi connectivity index (χ4v) is 2.79. The Morgan fingerprint density at radius 3 is 2.84 bits per heavy atom. The first-order valence-electron chi connectivity index (χ1n) is 6.37. The van der Waals surface area contributed by atoms with Gasteiger partial charge in [-0.3, -0.25) is 0 Å². The van der Waals surface area contributed by atoms with Gasteiger partial charge in [0.15, 0.2) is 5.01 Å². The number of nitrogens with one attached hydrogen (secondary N) is 1. The molecule has 0 amide bonds. The Morgan fingerprint density at radius 2 is 2.16 bits per heavy atom. The lowest BCUT2D eigenvalue weighted by Crippen LogP contribution is -2.17. The van der Waals surface area contributed by atoms with Gasteiger partial charge in [0.2, 0.25) is 0 Å². The van der Waals surface area contributed by atoms with Gasteiger partial charge in [0.05, 0.1) is 18.7 Å². The van der Waals surface area contributed by atoms with E-state index in [1.165, 1.54) is 5.56 Å². The predicted molar refractivity (Wildman–Crippen MR) is 78.7 cm³/mol. The number of benzene rings is 1. The van der Waals surface area contributed by atoms with E-state index < -0.39 is 0 Å². The molecule has 0 radical (unpaired) electrons. The maximum atomic E-state index is 5.40. The van der Waals surface area contributed by atoms with Gasteiger partial charge in [0, 0.05) is 0 Å². The van der Waals surface area contributed by atoms with Crippen molar-refractivity contribution in [3.8, 4) is 16.3 Å². The summed E-state index contributed by atoms with van der Waals surface area (Å²) in [5.74, 6) is 0.837. The molecule has 0 bridgehead atoms. The predicted octanol–water partition coefficient (Wildman–Crippen LogP) is 3.19. The molecule has 1 N–H and O–H groups in total. The zero-order chi connectivity index (χ0) is 13.8. The fraction of sp³-hybridized carbons (Fsp3) is 0.429. The SMILES string of the molecule is CCNC(C)c1nnc(-c2cc(C)ccc2OC)s1. The van der Waals surface area contributed by atoms with Crippen molar-refractivity contribution in [2.24, 2.45) is 0 Å². The van der Waals surface area contributed by atoms with Gasteiger partial charge in [0.1, 0.15) is 10.8 Å². The maximum absolute atomic E-state index is 5.40. The summed E-state index contributed by atoms with van der Waals surface area (Å²) in [5, 5.41) is 13.8. The summed E-state index contributed by atoms with van der Waals surface area (Å²) in [6, 6.07) is 6.32. The van der Waals surface area contributed by atoms with Crippen LogP contribution in [0.5, 0.6) is 5.75 Å². The van der Waals surface area contributed by atoms with Crippen LogP contribution in [0.2, 0.25) is 0 Å². The van der Waals surface area contributed by atoms with Gasteiger partial charge in [0.25, 0.3) is 0 Å². The third-order valence-electron chi connectivity index (χ3n) is 2.91. The minimum atomic E-state index is 0.229. The van der Waals surface area contributed by atoms with E-state index in [-0.39, 0.29) is 6.04 Å². The summed E-state index contributed by atoms with van der Waals surface area (Å²) in [7, 11) is 1.68. The zero-order valence-corrected chi connectivity index (χ0v) is 12.5. The quantitative estimate of drug-likeness (QED) is 0.911. The number of methoxy groups -OCH3 is 1. The largest absolute Gasteiger partial charge is 0.496 e. The van der Waals surface area contributed by atoms with Crippen LogP contribution in [0.1, 0.15) is 30.5 Å². The third-order valence-corrected chi connectivity index (χ3v) is 4.05. The lowest BCUT2D eigenvalue weighted by atomic mass is 10.1. The molecule has 1 aromatic carbocycles. The second kappa shape index (κ2) is 6.12. The van der Waals surface area contributed by atoms with Gasteiger partial charge in [-0.15, -0.1) is 10.2 Å². The molecular formula is C14H19N3OS. The summed E-state index contributed by atoms with van der Waals surface area (Å²) in [5.41, 5.74) is 2.20. The van der Waals surface area contributed by atoms with Crippen LogP contribution >= 0.6 is 11.3 Å². The van der Waals surface area contributed by atoms with Crippen LogP contribution < -0.4 is 10.1 Å². The minimum Gasteiger partial charge on any atom is -0.496 e. The molecule has 5 heteroatoms. The molecule has 2 rings (SSSR count). The number of ether oxygens (including phenoxy) is 1. The number of aromatic nitrogens is 2. The topological polar surface area (TPSA) is 47.0 Å². The zero-order valence-electron chi connectivity index (χ0n) is 11.7. The van der Waals surface area contributed by atoms with Crippen LogP contribution in [-0.2, 0) is 0 Å². The molecule has 4 nitrogen and oxygen atoms in total. The van der Waals surface area contributed by atoms with E-state index in [2.05, 4.69) is 42.4 Å². The summed E-state index contributed by atoms with van der Waals surface area (Å²) in [4.78, 5) is 0. The van der Waals surface area contributed by atoms with Gasteiger partial charge in [-0.2, -0.15) is 0 Å². The number of rotatable bonds is 5. The summed E-state index contributed by atoms with van der Waals surface area (Å²) in [6.07, 6.45) is 0. The maximum Gasteiger partial charge on any atom is 0.151 e. The Bertz CT molecular complexity index is 553. The van der Waals surface area contributed by atoms with E-state index in [0.29, 0.717) is 0 Å². The molecule has 102 valence electrons. The number of hydrogen-bond acceptors (Lipinski definition) is 5. The van der Waals surface area contributed by atoms with E-state index in [1.807, 2.05) is 12.1 Å². The molecule has 1 aromatic heterocycles. The number of nitrogens with zero attached hydrogens (tertiary/aromatic N) is 2. The number of hydrogen-bond donors (Lipinski definition) is 1. The average molecular weight is 277 g/mol. The van der Waals surface area contributed by atoms with Crippen molar-refractivity contribution in [3.63, 3.8) is 0 Å². The van der Waals surface area contributed by atoms with E-state index in [4.69, 9.17) is 4.74 Å². The van der Waals surface area contributed by atoms with Crippen LogP contribution in [-0.4, -0.2) is 23.9 Å². The lowest BCUT2D eigenvalue weighted by molar-refractivity contribution is 0.416. The molecule has 0 saturated carbocycles. The molecule has 0 aliphatic carbocycles. The average Bonchev–Trinajstić information content (AvgIpc) is 2.88. The van der Waals surface area contributed by atoms with Gasteiger partial charge in [-0.05, 0) is 32.5 Å². The summed E-state index contributed by atoms with van der Waals surface area (Å²) in [6.45, 7) is 7.17. The van der Waals surface area contributed by atoms with Gasteiger partial charge in [-0.25, -0.2) is 0 Å². The van der Waals surface area contributed by atoms with E-state index in [0.717, 1.165) is 27.9 Å². The monoisotopic (exact) mass is 277 g/mol. The smallest absolute Gasteiger partial charge is 0.151 e. The first kappa shape index (κ1) is 14.0. The molecule has 0 aliphatic heterocycles. The fourth-order valence-electron chi connectivity index (χ4n) is 1.90. The Kier molecular flexibility index (Phi) is 4.50. The Morgan fingerprint density at radius 1 is 1.37 bits per heavy atom. The van der Waals surface area contributed by atoms with E-state index >= 15 is 0 Å². The first-order valence-corrected chi connectivity index (χ1v) is 7.19. The molecule has 0 saturated heterocycles. The third kappa shape index (κ3) is 3.11. The molecule has 2 aromatic rings. The van der Waals surface area contributed by atoms with Crippen LogP contribution in [0.4, 0.5) is 0 Å². The van der Waals surface area contributed by atoms with Crippen molar-refractivity contribution in [3.05, 3.63) is 28.8 Å². The lowest BCUT2D eigenvalue weighted by Gasteiger charge is -2.07. The first-order chi connectivity index (χ1) is 9.15. The van der Waals surface area contributed by atoms with Gasteiger partial charge in [-0.1, -0.05) is 29.9 Å². The highest BCUT2D eigenvalue weighted by Crippen LogP contribution is 2.34. The van der Waals surface area contributed by atoms with Crippen molar-refractivity contribution < 1.29 is 4.74 Å². The van der Waals surface area contributed by atoms with Crippen LogP contribution in [0, 0.1) is 6.92 Å². The van der Waals surface area contributed by atoms with Crippen molar-refractivity contribution in [2.75, 3.05) is 13.7 Å². The van der Waals surface area contributed by atoms with Crippen molar-refractivity contribution >= 4 is 11.3 Å². The van der Waals surface area contributed by atoms with Gasteiger partial charge < -0.3 is 10.1 Å². The van der Waals surface area contributed by atoms with Crippen molar-refractivity contribution in [2.45, 2.75) is 26.8 Å². The molecule has 0 spiro atoms. The number of aryl methyl sites for hydroxylation is 1. The van der Waals surface area contributed by atoms with E-state index in [1.54, 1.807) is 18.4 Å². The van der Waals surface area contributed by atoms with Crippen LogP contribution in [0.15, 0.2) is 18.2 Å². The Balaban J connectivity index is 2.34. The van der Waals surface area contributed by atoms with Crippen molar-refractivity contribution in [1.29, 1.82) is 0 Å². The highest BCUT2D eigenvalue weighted by Gasteiger charge is 2.15. The molecule has 1 atom stereocenters. The highest BCUT2D eigenvalue weighted by molar-refractivity contribution is 7.14. The molecule has 1 unspecified atom stereocenters. The van der Waals surface area contributed by atoms with Crippen molar-refractivity contribution in [1.82, 2.24) is 15.5 Å². The van der Waals surface area contributed by atoms with Gasteiger partial charge >= 0.3 is 0 Å². The second-order valence-corrected chi connectivity index (χ2v) is 5.44. The van der Waals surface area contributed by atoms with Crippen LogP contribution in [0.3, 0.4) is 0 Å². The summed E-state index contributed by atoms with van der Waals surface area (Å²) < 4.78 is 5.40. The highest BCUT2D eigenvalue weighted by atomic mass is 32.1.